The summed E-state index contributed by atoms with van der Waals surface area (Å²) in [5, 5.41) is 0. The second-order valence-corrected chi connectivity index (χ2v) is 7.03. The van der Waals surface area contributed by atoms with Gasteiger partial charge in [0, 0.05) is 46.7 Å². The van der Waals surface area contributed by atoms with Gasteiger partial charge in [0.2, 0.25) is 17.7 Å². The van der Waals surface area contributed by atoms with Crippen molar-refractivity contribution < 1.29 is 14.4 Å². The summed E-state index contributed by atoms with van der Waals surface area (Å²) in [5.74, 6) is -0.122. The van der Waals surface area contributed by atoms with Crippen LogP contribution in [-0.4, -0.2) is 65.6 Å². The average Bonchev–Trinajstić information content (AvgIpc) is 3.43. The molecule has 25 heavy (non-hydrogen) atoms. The summed E-state index contributed by atoms with van der Waals surface area (Å²) in [6.07, 6.45) is 1.24. The lowest BCUT2D eigenvalue weighted by Crippen LogP contribution is -2.54. The standard InChI is InChI=1S/C19H25N3O3/c1-15(23)21-10-12-22(13-11-21)18(25)19(8-9-19)17(24)20(2)14-16-6-4-3-5-7-16/h3-7H,8-14H2,1-2H3. The Morgan fingerprint density at radius 2 is 1.56 bits per heavy atom. The molecular formula is C19H25N3O3. The molecule has 134 valence electrons. The van der Waals surface area contributed by atoms with Gasteiger partial charge < -0.3 is 14.7 Å². The van der Waals surface area contributed by atoms with Crippen molar-refractivity contribution in [2.45, 2.75) is 26.3 Å². The maximum Gasteiger partial charge on any atom is 0.238 e. The topological polar surface area (TPSA) is 60.9 Å². The van der Waals surface area contributed by atoms with E-state index >= 15 is 0 Å². The number of rotatable bonds is 4. The third-order valence-corrected chi connectivity index (χ3v) is 5.19. The molecule has 0 spiro atoms. The Morgan fingerprint density at radius 1 is 1.00 bits per heavy atom. The van der Waals surface area contributed by atoms with E-state index in [1.165, 1.54) is 0 Å². The first-order chi connectivity index (χ1) is 11.9. The van der Waals surface area contributed by atoms with Crippen molar-refractivity contribution in [3.05, 3.63) is 35.9 Å². The van der Waals surface area contributed by atoms with E-state index in [0.717, 1.165) is 5.56 Å². The molecule has 1 aromatic carbocycles. The van der Waals surface area contributed by atoms with Crippen molar-refractivity contribution in [3.8, 4) is 0 Å². The summed E-state index contributed by atoms with van der Waals surface area (Å²) in [5.41, 5.74) is 0.179. The Kier molecular flexibility index (Phi) is 4.79. The van der Waals surface area contributed by atoms with Crippen LogP contribution in [0.3, 0.4) is 0 Å². The number of piperazine rings is 1. The van der Waals surface area contributed by atoms with Crippen LogP contribution in [0.4, 0.5) is 0 Å². The molecule has 3 amide bonds. The quantitative estimate of drug-likeness (QED) is 0.770. The Balaban J connectivity index is 1.62. The summed E-state index contributed by atoms with van der Waals surface area (Å²) in [6, 6.07) is 9.79. The van der Waals surface area contributed by atoms with Crippen LogP contribution in [0.1, 0.15) is 25.3 Å². The molecule has 1 aliphatic carbocycles. The van der Waals surface area contributed by atoms with Gasteiger partial charge in [-0.05, 0) is 18.4 Å². The molecule has 6 nitrogen and oxygen atoms in total. The minimum atomic E-state index is -0.873. The highest BCUT2D eigenvalue weighted by molar-refractivity contribution is 6.07. The van der Waals surface area contributed by atoms with E-state index < -0.39 is 5.41 Å². The molecular weight excluding hydrogens is 318 g/mol. The zero-order valence-corrected chi connectivity index (χ0v) is 14.9. The molecule has 1 aromatic rings. The number of nitrogens with zero attached hydrogens (tertiary/aromatic N) is 3. The van der Waals surface area contributed by atoms with E-state index in [4.69, 9.17) is 0 Å². The van der Waals surface area contributed by atoms with Gasteiger partial charge in [-0.3, -0.25) is 14.4 Å². The molecule has 0 radical (unpaired) electrons. The van der Waals surface area contributed by atoms with Crippen LogP contribution in [0.15, 0.2) is 30.3 Å². The molecule has 1 aliphatic heterocycles. The molecule has 0 aromatic heterocycles. The molecule has 1 saturated carbocycles. The number of amides is 3. The highest BCUT2D eigenvalue weighted by atomic mass is 16.2. The summed E-state index contributed by atoms with van der Waals surface area (Å²) in [7, 11) is 1.76. The molecule has 1 saturated heterocycles. The maximum atomic E-state index is 12.9. The van der Waals surface area contributed by atoms with Gasteiger partial charge in [-0.1, -0.05) is 30.3 Å². The van der Waals surface area contributed by atoms with Crippen LogP contribution in [0, 0.1) is 5.41 Å². The fraction of sp³-hybridized carbons (Fsp3) is 0.526. The van der Waals surface area contributed by atoms with Crippen LogP contribution in [0.5, 0.6) is 0 Å². The average molecular weight is 343 g/mol. The number of carbonyl (C=O) groups excluding carboxylic acids is 3. The zero-order chi connectivity index (χ0) is 18.0. The summed E-state index contributed by atoms with van der Waals surface area (Å²) in [6.45, 7) is 4.16. The van der Waals surface area contributed by atoms with E-state index in [0.29, 0.717) is 45.6 Å². The molecule has 1 heterocycles. The largest absolute Gasteiger partial charge is 0.340 e. The van der Waals surface area contributed by atoms with E-state index in [2.05, 4.69) is 0 Å². The molecule has 0 unspecified atom stereocenters. The van der Waals surface area contributed by atoms with Crippen LogP contribution < -0.4 is 0 Å². The van der Waals surface area contributed by atoms with E-state index in [9.17, 15) is 14.4 Å². The third kappa shape index (κ3) is 3.52. The third-order valence-electron chi connectivity index (χ3n) is 5.19. The SMILES string of the molecule is CC(=O)N1CCN(C(=O)C2(C(=O)N(C)Cc3ccccc3)CC2)CC1. The Morgan fingerprint density at radius 3 is 2.08 bits per heavy atom. The smallest absolute Gasteiger partial charge is 0.238 e. The maximum absolute atomic E-state index is 12.9. The van der Waals surface area contributed by atoms with Gasteiger partial charge in [-0.2, -0.15) is 0 Å². The fourth-order valence-corrected chi connectivity index (χ4v) is 3.47. The van der Waals surface area contributed by atoms with Crippen molar-refractivity contribution >= 4 is 17.7 Å². The second-order valence-electron chi connectivity index (χ2n) is 7.03. The normalized spacial score (nSPS) is 18.6. The van der Waals surface area contributed by atoms with Gasteiger partial charge in [0.25, 0.3) is 0 Å². The number of carbonyl (C=O) groups is 3. The molecule has 3 rings (SSSR count). The molecule has 6 heteroatoms. The molecule has 2 aliphatic rings. The Labute approximate surface area is 148 Å². The molecule has 0 bridgehead atoms. The predicted molar refractivity (Wildman–Crippen MR) is 93.4 cm³/mol. The van der Waals surface area contributed by atoms with Crippen molar-refractivity contribution in [3.63, 3.8) is 0 Å². The van der Waals surface area contributed by atoms with Crippen molar-refractivity contribution in [1.82, 2.24) is 14.7 Å². The van der Waals surface area contributed by atoms with Gasteiger partial charge in [0.1, 0.15) is 5.41 Å². The second kappa shape index (κ2) is 6.86. The molecule has 0 N–H and O–H groups in total. The minimum Gasteiger partial charge on any atom is -0.340 e. The molecule has 0 atom stereocenters. The zero-order valence-electron chi connectivity index (χ0n) is 14.9. The molecule has 2 fully saturated rings. The Hall–Kier alpha value is -2.37. The monoisotopic (exact) mass is 343 g/mol. The van der Waals surface area contributed by atoms with Crippen LogP contribution in [0.25, 0.3) is 0 Å². The van der Waals surface area contributed by atoms with Gasteiger partial charge >= 0.3 is 0 Å². The summed E-state index contributed by atoms with van der Waals surface area (Å²) < 4.78 is 0. The summed E-state index contributed by atoms with van der Waals surface area (Å²) in [4.78, 5) is 42.4. The van der Waals surface area contributed by atoms with Crippen LogP contribution >= 0.6 is 0 Å². The highest BCUT2D eigenvalue weighted by Gasteiger charge is 2.59. The Bertz CT molecular complexity index is 662. The lowest BCUT2D eigenvalue weighted by Gasteiger charge is -2.36. The predicted octanol–water partition coefficient (Wildman–Crippen LogP) is 1.12. The van der Waals surface area contributed by atoms with E-state index in [1.54, 1.807) is 28.7 Å². The van der Waals surface area contributed by atoms with Crippen LogP contribution in [-0.2, 0) is 20.9 Å². The van der Waals surface area contributed by atoms with Crippen molar-refractivity contribution in [1.29, 1.82) is 0 Å². The van der Waals surface area contributed by atoms with Gasteiger partial charge in [0.05, 0.1) is 0 Å². The van der Waals surface area contributed by atoms with Crippen molar-refractivity contribution in [2.24, 2.45) is 5.41 Å². The van der Waals surface area contributed by atoms with E-state index in [-0.39, 0.29) is 17.7 Å². The lowest BCUT2D eigenvalue weighted by atomic mass is 10.0. The first-order valence-corrected chi connectivity index (χ1v) is 8.78. The van der Waals surface area contributed by atoms with E-state index in [1.807, 2.05) is 30.3 Å². The lowest BCUT2D eigenvalue weighted by molar-refractivity contribution is -0.151. The van der Waals surface area contributed by atoms with Gasteiger partial charge in [0.15, 0.2) is 0 Å². The summed E-state index contributed by atoms with van der Waals surface area (Å²) >= 11 is 0. The number of benzene rings is 1. The highest BCUT2D eigenvalue weighted by Crippen LogP contribution is 2.49. The first kappa shape index (κ1) is 17.5. The van der Waals surface area contributed by atoms with Crippen molar-refractivity contribution in [2.75, 3.05) is 33.2 Å². The number of hydrogen-bond donors (Lipinski definition) is 0. The van der Waals surface area contributed by atoms with Gasteiger partial charge in [-0.25, -0.2) is 0 Å². The van der Waals surface area contributed by atoms with Gasteiger partial charge in [-0.15, -0.1) is 0 Å². The first-order valence-electron chi connectivity index (χ1n) is 8.78. The fourth-order valence-electron chi connectivity index (χ4n) is 3.47. The number of hydrogen-bond acceptors (Lipinski definition) is 3. The minimum absolute atomic E-state index is 0.0342. The van der Waals surface area contributed by atoms with Crippen LogP contribution in [0.2, 0.25) is 0 Å².